The van der Waals surface area contributed by atoms with Crippen molar-refractivity contribution in [3.63, 3.8) is 0 Å². The van der Waals surface area contributed by atoms with Gasteiger partial charge in [-0.2, -0.15) is 0 Å². The molecule has 0 spiro atoms. The van der Waals surface area contributed by atoms with Gasteiger partial charge in [0.05, 0.1) is 26.3 Å². The Hall–Kier alpha value is -4.12. The fourth-order valence-corrected chi connectivity index (χ4v) is 4.29. The topological polar surface area (TPSA) is 45.4 Å². The van der Waals surface area contributed by atoms with Crippen LogP contribution in [0.2, 0.25) is 0 Å². The highest BCUT2D eigenvalue weighted by molar-refractivity contribution is 6.59. The number of benzene rings is 5. The maximum absolute atomic E-state index is 9.99. The molecule has 0 atom stereocenters. The van der Waals surface area contributed by atoms with Crippen LogP contribution in [0, 0.1) is 0 Å². The minimum Gasteiger partial charge on any atom is -0.423 e. The van der Waals surface area contributed by atoms with Crippen molar-refractivity contribution < 1.29 is 19.6 Å². The third-order valence-electron chi connectivity index (χ3n) is 5.86. The Kier molecular flexibility index (Phi) is 3.49. The average Bonchev–Trinajstić information content (AvgIpc) is 3.35. The number of aromatic nitrogens is 1. The first-order valence-corrected chi connectivity index (χ1v) is 10.8. The SMILES string of the molecule is [2H]c1c([2H])c([2H])c2c(c1[2H])c1c([2H])c(B(O)O)c([2H])c([2H])c1n2-c1ccc(-c2ccccc2)cc1-c1ccccc1. The van der Waals surface area contributed by atoms with Gasteiger partial charge < -0.3 is 14.6 Å². The van der Waals surface area contributed by atoms with E-state index in [-0.39, 0.29) is 27.8 Å². The molecule has 0 fully saturated rings. The van der Waals surface area contributed by atoms with Crippen LogP contribution in [0.15, 0.2) is 121 Å². The lowest BCUT2D eigenvalue weighted by Gasteiger charge is -2.16. The first-order chi connectivity index (χ1) is 19.6. The number of nitrogens with zero attached hydrogens (tertiary/aromatic N) is 1. The van der Waals surface area contributed by atoms with Crippen LogP contribution in [-0.4, -0.2) is 21.7 Å². The van der Waals surface area contributed by atoms with Gasteiger partial charge in [0.2, 0.25) is 0 Å². The number of rotatable bonds is 4. The molecule has 0 unspecified atom stereocenters. The van der Waals surface area contributed by atoms with Gasteiger partial charge in [0.15, 0.2) is 0 Å². The van der Waals surface area contributed by atoms with Crippen LogP contribution in [0.25, 0.3) is 49.7 Å². The van der Waals surface area contributed by atoms with Gasteiger partial charge in [-0.1, -0.05) is 96.9 Å². The fourth-order valence-electron chi connectivity index (χ4n) is 4.29. The molecule has 0 aliphatic heterocycles. The summed E-state index contributed by atoms with van der Waals surface area (Å²) in [5.41, 5.74) is 3.38. The van der Waals surface area contributed by atoms with Gasteiger partial charge in [0.1, 0.15) is 0 Å². The summed E-state index contributed by atoms with van der Waals surface area (Å²) in [4.78, 5) is 0. The highest BCUT2D eigenvalue weighted by Crippen LogP contribution is 2.37. The maximum atomic E-state index is 9.99. The number of para-hydroxylation sites is 1. The Morgan fingerprint density at radius 1 is 0.647 bits per heavy atom. The minimum absolute atomic E-state index is 0.0102. The van der Waals surface area contributed by atoms with Crippen LogP contribution >= 0.6 is 0 Å². The summed E-state index contributed by atoms with van der Waals surface area (Å²) in [5, 5.41) is 19.9. The van der Waals surface area contributed by atoms with E-state index in [2.05, 4.69) is 0 Å². The molecule has 5 aromatic carbocycles. The zero-order valence-corrected chi connectivity index (χ0v) is 17.9. The molecule has 0 bridgehead atoms. The van der Waals surface area contributed by atoms with Crippen molar-refractivity contribution in [2.24, 2.45) is 0 Å². The first kappa shape index (κ1) is 14.2. The lowest BCUT2D eigenvalue weighted by molar-refractivity contribution is 0.426. The van der Waals surface area contributed by atoms with E-state index in [1.54, 1.807) is 6.07 Å². The monoisotopic (exact) mass is 446 g/mol. The van der Waals surface area contributed by atoms with Crippen molar-refractivity contribution in [1.29, 1.82) is 0 Å². The van der Waals surface area contributed by atoms with Gasteiger partial charge in [-0.05, 0) is 46.4 Å². The van der Waals surface area contributed by atoms with Crippen LogP contribution in [0.3, 0.4) is 0 Å². The summed E-state index contributed by atoms with van der Waals surface area (Å²) in [7, 11) is -2.22. The van der Waals surface area contributed by atoms with Crippen LogP contribution in [0.1, 0.15) is 9.60 Å². The van der Waals surface area contributed by atoms with Gasteiger partial charge in [-0.3, -0.25) is 0 Å². The number of fused-ring (bicyclic) bond motifs is 3. The van der Waals surface area contributed by atoms with Crippen molar-refractivity contribution >= 4 is 34.4 Å². The average molecular weight is 446 g/mol. The normalized spacial score (nSPS) is 14.1. The van der Waals surface area contributed by atoms with Gasteiger partial charge in [-0.15, -0.1) is 0 Å². The molecular weight excluding hydrogens is 417 g/mol. The van der Waals surface area contributed by atoms with Crippen molar-refractivity contribution in [2.75, 3.05) is 0 Å². The fraction of sp³-hybridized carbons (Fsp3) is 0. The smallest absolute Gasteiger partial charge is 0.423 e. The van der Waals surface area contributed by atoms with E-state index in [0.717, 1.165) is 16.7 Å². The van der Waals surface area contributed by atoms with Crippen molar-refractivity contribution in [3.8, 4) is 27.9 Å². The molecular formula is C30H22BNO2. The predicted octanol–water partition coefficient (Wildman–Crippen LogP) is 5.80. The molecule has 0 aliphatic rings. The highest BCUT2D eigenvalue weighted by atomic mass is 16.4. The molecule has 0 saturated heterocycles. The quantitative estimate of drug-likeness (QED) is 0.337. The summed E-state index contributed by atoms with van der Waals surface area (Å²) in [6.45, 7) is 0. The summed E-state index contributed by atoms with van der Waals surface area (Å²) >= 11 is 0. The molecule has 0 saturated carbocycles. The van der Waals surface area contributed by atoms with E-state index in [4.69, 9.17) is 9.60 Å². The minimum atomic E-state index is -2.22. The molecule has 162 valence electrons. The van der Waals surface area contributed by atoms with E-state index in [0.29, 0.717) is 11.3 Å². The maximum Gasteiger partial charge on any atom is 0.488 e. The van der Waals surface area contributed by atoms with Crippen LogP contribution in [0.4, 0.5) is 0 Å². The lowest BCUT2D eigenvalue weighted by Crippen LogP contribution is -2.29. The van der Waals surface area contributed by atoms with E-state index < -0.39 is 48.8 Å². The molecule has 0 amide bonds. The number of hydrogen-bond acceptors (Lipinski definition) is 2. The Labute approximate surface area is 208 Å². The Morgan fingerprint density at radius 2 is 1.32 bits per heavy atom. The Balaban J connectivity index is 1.86. The summed E-state index contributed by atoms with van der Waals surface area (Å²) in [6, 6.07) is 21.5. The van der Waals surface area contributed by atoms with Crippen LogP contribution < -0.4 is 5.46 Å². The first-order valence-electron chi connectivity index (χ1n) is 14.3. The zero-order valence-electron chi connectivity index (χ0n) is 24.9. The van der Waals surface area contributed by atoms with Gasteiger partial charge in [-0.25, -0.2) is 0 Å². The largest absolute Gasteiger partial charge is 0.488 e. The van der Waals surface area contributed by atoms with E-state index in [1.807, 2.05) is 72.8 Å². The van der Waals surface area contributed by atoms with Crippen molar-refractivity contribution in [1.82, 2.24) is 4.57 Å². The third-order valence-corrected chi connectivity index (χ3v) is 5.86. The predicted molar refractivity (Wildman–Crippen MR) is 141 cm³/mol. The van der Waals surface area contributed by atoms with Crippen LogP contribution in [0.5, 0.6) is 0 Å². The molecule has 3 nitrogen and oxygen atoms in total. The third kappa shape index (κ3) is 3.41. The summed E-state index contributed by atoms with van der Waals surface area (Å²) in [5.74, 6) is 0. The molecule has 1 aromatic heterocycles. The molecule has 6 aromatic rings. The molecule has 1 heterocycles. The summed E-state index contributed by atoms with van der Waals surface area (Å²) in [6.07, 6.45) is 0. The highest BCUT2D eigenvalue weighted by Gasteiger charge is 2.19. The van der Waals surface area contributed by atoms with Gasteiger partial charge in [0.25, 0.3) is 0 Å². The van der Waals surface area contributed by atoms with Gasteiger partial charge >= 0.3 is 7.12 Å². The molecule has 4 heteroatoms. The Morgan fingerprint density at radius 3 is 2.06 bits per heavy atom. The van der Waals surface area contributed by atoms with Crippen LogP contribution in [-0.2, 0) is 0 Å². The van der Waals surface area contributed by atoms with E-state index in [1.165, 1.54) is 4.57 Å². The Bertz CT molecular complexity index is 1990. The standard InChI is InChI=1S/C30H22BNO2/c33-31(34)24-16-18-30-27(20-24)25-13-7-8-14-28(25)32(30)29-17-15-23(21-9-3-1-4-10-21)19-26(29)22-11-5-2-6-12-22/h1-20,33-34H/i7D,8D,13D,14D,16D,18D,20D. The lowest BCUT2D eigenvalue weighted by atomic mass is 9.80. The second-order valence-electron chi connectivity index (χ2n) is 7.91. The zero-order chi connectivity index (χ0) is 29.2. The molecule has 34 heavy (non-hydrogen) atoms. The summed E-state index contributed by atoms with van der Waals surface area (Å²) < 4.78 is 62.1. The second kappa shape index (κ2) is 8.34. The molecule has 0 aliphatic carbocycles. The van der Waals surface area contributed by atoms with Crippen molar-refractivity contribution in [3.05, 3.63) is 121 Å². The molecule has 0 radical (unpaired) electrons. The van der Waals surface area contributed by atoms with Gasteiger partial charge in [0, 0.05) is 16.3 Å². The van der Waals surface area contributed by atoms with Crippen molar-refractivity contribution in [2.45, 2.75) is 0 Å². The van der Waals surface area contributed by atoms with E-state index >= 15 is 0 Å². The number of hydrogen-bond donors (Lipinski definition) is 2. The van der Waals surface area contributed by atoms with E-state index in [9.17, 15) is 10.0 Å². The molecule has 6 rings (SSSR count). The second-order valence-corrected chi connectivity index (χ2v) is 7.91. The molecule has 2 N–H and O–H groups in total.